The van der Waals surface area contributed by atoms with E-state index in [1.807, 2.05) is 48.5 Å². The molecular weight excluding hydrogens is 461 g/mol. The SMILES string of the molecule is O=S(=O)([N-]c1ccccc1-c1ccccn1)c1ccccc1.[Ni+2].[SH-].c1ccncc1. The third-order valence-electron chi connectivity index (χ3n) is 3.67. The van der Waals surface area contributed by atoms with Gasteiger partial charge in [-0.1, -0.05) is 54.6 Å². The molecule has 0 saturated carbocycles. The molecule has 4 aromatic rings. The van der Waals surface area contributed by atoms with Crippen molar-refractivity contribution in [2.24, 2.45) is 0 Å². The van der Waals surface area contributed by atoms with Crippen molar-refractivity contribution in [3.8, 4) is 11.3 Å². The summed E-state index contributed by atoms with van der Waals surface area (Å²) in [6.45, 7) is 0. The fourth-order valence-corrected chi connectivity index (χ4v) is 3.40. The molecule has 0 bridgehead atoms. The van der Waals surface area contributed by atoms with Gasteiger partial charge in [0.1, 0.15) is 10.0 Å². The van der Waals surface area contributed by atoms with E-state index < -0.39 is 10.0 Å². The zero-order valence-corrected chi connectivity index (χ0v) is 18.4. The number of hydrogen-bond acceptors (Lipinski definition) is 5. The fraction of sp³-hybridized carbons (Fsp3) is 0. The molecule has 5 nitrogen and oxygen atoms in total. The van der Waals surface area contributed by atoms with Crippen LogP contribution in [0.15, 0.2) is 114 Å². The van der Waals surface area contributed by atoms with Gasteiger partial charge in [-0.15, -0.1) is 5.69 Å². The first kappa shape index (κ1) is 25.4. The zero-order valence-electron chi connectivity index (χ0n) is 15.7. The van der Waals surface area contributed by atoms with E-state index in [1.54, 1.807) is 48.9 Å². The maximum atomic E-state index is 12.4. The minimum atomic E-state index is -3.75. The molecule has 0 saturated heterocycles. The van der Waals surface area contributed by atoms with E-state index in [-0.39, 0.29) is 34.9 Å². The molecule has 4 rings (SSSR count). The monoisotopic (exact) mass is 479 g/mol. The molecule has 0 fully saturated rings. The molecule has 2 aromatic heterocycles. The Morgan fingerprint density at radius 2 is 1.23 bits per heavy atom. The number of nitrogens with zero attached hydrogens (tertiary/aromatic N) is 3. The second-order valence-electron chi connectivity index (χ2n) is 5.64. The largest absolute Gasteiger partial charge is 2.00 e. The number of hydrogen-bond donors (Lipinski definition) is 0. The summed E-state index contributed by atoms with van der Waals surface area (Å²) >= 11 is 0. The smallest absolute Gasteiger partial charge is 0.813 e. The molecule has 30 heavy (non-hydrogen) atoms. The van der Waals surface area contributed by atoms with Gasteiger partial charge in [-0.05, 0) is 42.0 Å². The van der Waals surface area contributed by atoms with E-state index in [0.29, 0.717) is 16.9 Å². The van der Waals surface area contributed by atoms with Gasteiger partial charge in [0.25, 0.3) is 0 Å². The van der Waals surface area contributed by atoms with Gasteiger partial charge in [0.2, 0.25) is 0 Å². The van der Waals surface area contributed by atoms with Crippen molar-refractivity contribution < 1.29 is 24.9 Å². The molecule has 0 atom stereocenters. The first-order valence-corrected chi connectivity index (χ1v) is 9.99. The molecule has 0 spiro atoms. The summed E-state index contributed by atoms with van der Waals surface area (Å²) in [5.74, 6) is 0. The molecule has 2 heterocycles. The molecule has 8 heteroatoms. The second-order valence-corrected chi connectivity index (χ2v) is 7.24. The Balaban J connectivity index is 0.000000487. The molecular formula is C22H19N3NiO2S2. The predicted octanol–water partition coefficient (Wildman–Crippen LogP) is 4.95. The molecule has 0 aliphatic carbocycles. The van der Waals surface area contributed by atoms with E-state index in [2.05, 4.69) is 14.7 Å². The molecule has 0 unspecified atom stereocenters. The van der Waals surface area contributed by atoms with Crippen LogP contribution < -0.4 is 0 Å². The van der Waals surface area contributed by atoms with Crippen molar-refractivity contribution in [1.29, 1.82) is 0 Å². The van der Waals surface area contributed by atoms with Crippen molar-refractivity contribution in [2.75, 3.05) is 0 Å². The van der Waals surface area contributed by atoms with Crippen LogP contribution in [0.2, 0.25) is 0 Å². The summed E-state index contributed by atoms with van der Waals surface area (Å²) < 4.78 is 28.8. The van der Waals surface area contributed by atoms with Gasteiger partial charge in [0, 0.05) is 18.6 Å². The molecule has 0 aliphatic heterocycles. The first-order valence-electron chi connectivity index (χ1n) is 8.55. The maximum Gasteiger partial charge on any atom is 2.00 e. The van der Waals surface area contributed by atoms with E-state index in [1.165, 1.54) is 12.1 Å². The van der Waals surface area contributed by atoms with Gasteiger partial charge in [-0.25, -0.2) is 8.42 Å². The number of aromatic nitrogens is 2. The number of sulfonamides is 1. The Morgan fingerprint density at radius 3 is 1.80 bits per heavy atom. The second kappa shape index (κ2) is 12.8. The maximum absolute atomic E-state index is 12.4. The van der Waals surface area contributed by atoms with Crippen molar-refractivity contribution in [3.63, 3.8) is 0 Å². The van der Waals surface area contributed by atoms with E-state index in [4.69, 9.17) is 0 Å². The van der Waals surface area contributed by atoms with Crippen LogP contribution in [0.5, 0.6) is 0 Å². The Morgan fingerprint density at radius 1 is 0.667 bits per heavy atom. The summed E-state index contributed by atoms with van der Waals surface area (Å²) in [4.78, 5) is 8.21. The Hall–Kier alpha value is -2.67. The Labute approximate surface area is 194 Å². The molecule has 156 valence electrons. The summed E-state index contributed by atoms with van der Waals surface area (Å²) in [7, 11) is -3.75. The van der Waals surface area contributed by atoms with Crippen LogP contribution in [-0.2, 0) is 40.0 Å². The topological polar surface area (TPSA) is 74.0 Å². The third-order valence-corrected chi connectivity index (χ3v) is 4.98. The normalized spacial score (nSPS) is 9.73. The Kier molecular flexibility index (Phi) is 10.8. The standard InChI is InChI=1S/C17H13N2O2S.C5H5N.Ni.H2S/c20-22(21,14-8-2-1-3-9-14)19-17-12-5-4-10-15(17)16-11-6-7-13-18-16;1-2-4-6-5-3-1;;/h1-13H;1-5H;;1H2/q-1;;+2;/p-1. The van der Waals surface area contributed by atoms with Gasteiger partial charge in [-0.3, -0.25) is 9.97 Å². The van der Waals surface area contributed by atoms with E-state index in [0.717, 1.165) is 0 Å². The fourth-order valence-electron chi connectivity index (χ4n) is 2.38. The molecule has 0 radical (unpaired) electrons. The minimum Gasteiger partial charge on any atom is -0.813 e. The molecule has 0 aliphatic rings. The predicted molar refractivity (Wildman–Crippen MR) is 119 cm³/mol. The van der Waals surface area contributed by atoms with Crippen LogP contribution >= 0.6 is 0 Å². The van der Waals surface area contributed by atoms with Gasteiger partial charge in [-0.2, -0.15) is 0 Å². The van der Waals surface area contributed by atoms with Crippen LogP contribution in [0, 0.1) is 0 Å². The summed E-state index contributed by atoms with van der Waals surface area (Å²) in [5, 5.41) is 0. The van der Waals surface area contributed by atoms with Gasteiger partial charge in [0.15, 0.2) is 0 Å². The van der Waals surface area contributed by atoms with Crippen LogP contribution in [0.3, 0.4) is 0 Å². The average Bonchev–Trinajstić information content (AvgIpc) is 2.77. The van der Waals surface area contributed by atoms with Gasteiger partial charge in [0.05, 0.1) is 10.6 Å². The van der Waals surface area contributed by atoms with E-state index >= 15 is 0 Å². The van der Waals surface area contributed by atoms with Crippen LogP contribution in [0.25, 0.3) is 16.0 Å². The van der Waals surface area contributed by atoms with Crippen molar-refractivity contribution in [2.45, 2.75) is 4.90 Å². The van der Waals surface area contributed by atoms with Crippen LogP contribution in [0.1, 0.15) is 0 Å². The molecule has 2 aromatic carbocycles. The first-order chi connectivity index (χ1) is 13.7. The van der Waals surface area contributed by atoms with Gasteiger partial charge < -0.3 is 18.2 Å². The molecule has 0 amide bonds. The summed E-state index contributed by atoms with van der Waals surface area (Å²) in [6, 6.07) is 26.4. The third kappa shape index (κ3) is 7.30. The minimum absolute atomic E-state index is 0. The Bertz CT molecular complexity index is 1070. The average molecular weight is 480 g/mol. The number of thiol groups is 1. The summed E-state index contributed by atoms with van der Waals surface area (Å²) in [6.07, 6.45) is 5.16. The zero-order chi connectivity index (χ0) is 19.7. The van der Waals surface area contributed by atoms with Crippen LogP contribution in [0.4, 0.5) is 5.69 Å². The quantitative estimate of drug-likeness (QED) is 0.235. The van der Waals surface area contributed by atoms with Crippen molar-refractivity contribution >= 4 is 29.2 Å². The number of rotatable bonds is 4. The number of benzene rings is 2. The summed E-state index contributed by atoms with van der Waals surface area (Å²) in [5.41, 5.74) is 1.75. The van der Waals surface area contributed by atoms with Gasteiger partial charge >= 0.3 is 16.5 Å². The van der Waals surface area contributed by atoms with Crippen molar-refractivity contribution in [3.05, 3.63) is 114 Å². The van der Waals surface area contributed by atoms with E-state index in [9.17, 15) is 8.42 Å². The van der Waals surface area contributed by atoms with Crippen LogP contribution in [-0.4, -0.2) is 18.4 Å². The molecule has 0 N–H and O–H groups in total. The number of pyridine rings is 2. The van der Waals surface area contributed by atoms with Crippen molar-refractivity contribution in [1.82, 2.24) is 9.97 Å².